The van der Waals surface area contributed by atoms with Crippen molar-refractivity contribution in [1.29, 1.82) is 0 Å². The fourth-order valence-corrected chi connectivity index (χ4v) is 3.18. The number of ether oxygens (including phenoxy) is 1. The predicted octanol–water partition coefficient (Wildman–Crippen LogP) is 2.90. The Bertz CT molecular complexity index is 1100. The normalized spacial score (nSPS) is 13.0. The largest absolute Gasteiger partial charge is 0.482 e. The first-order chi connectivity index (χ1) is 13.5. The van der Waals surface area contributed by atoms with Gasteiger partial charge in [0.15, 0.2) is 6.61 Å². The summed E-state index contributed by atoms with van der Waals surface area (Å²) in [7, 11) is 0. The van der Waals surface area contributed by atoms with E-state index < -0.39 is 17.8 Å². The maximum Gasteiger partial charge on any atom is 0.335 e. The van der Waals surface area contributed by atoms with Crippen LogP contribution in [0, 0.1) is 0 Å². The highest BCUT2D eigenvalue weighted by Gasteiger charge is 2.28. The smallest absolute Gasteiger partial charge is 0.335 e. The molecule has 0 aliphatic carbocycles. The molecular weight excluding hydrogens is 360 g/mol. The van der Waals surface area contributed by atoms with Crippen molar-refractivity contribution < 1.29 is 24.2 Å². The second-order valence-electron chi connectivity index (χ2n) is 6.33. The molecule has 4 rings (SSSR count). The zero-order chi connectivity index (χ0) is 19.7. The van der Waals surface area contributed by atoms with Crippen LogP contribution in [0.4, 0.5) is 11.4 Å². The molecule has 3 aromatic carbocycles. The number of rotatable bonds is 4. The first kappa shape index (κ1) is 17.5. The molecule has 0 atom stereocenters. The fourth-order valence-electron chi connectivity index (χ4n) is 3.18. The number of nitrogens with one attached hydrogen (secondary N) is 1. The van der Waals surface area contributed by atoms with Gasteiger partial charge in [-0.25, -0.2) is 4.79 Å². The van der Waals surface area contributed by atoms with Gasteiger partial charge in [-0.15, -0.1) is 0 Å². The van der Waals surface area contributed by atoms with Gasteiger partial charge in [-0.3, -0.25) is 14.5 Å². The van der Waals surface area contributed by atoms with E-state index in [1.807, 2.05) is 36.4 Å². The fraction of sp³-hybridized carbons (Fsp3) is 0.0952. The number of amides is 2. The molecule has 2 amide bonds. The summed E-state index contributed by atoms with van der Waals surface area (Å²) in [5, 5.41) is 13.9. The van der Waals surface area contributed by atoms with Gasteiger partial charge in [-0.1, -0.05) is 36.4 Å². The molecule has 0 saturated heterocycles. The van der Waals surface area contributed by atoms with E-state index >= 15 is 0 Å². The van der Waals surface area contributed by atoms with E-state index in [0.29, 0.717) is 11.4 Å². The third-order valence-electron chi connectivity index (χ3n) is 4.51. The minimum atomic E-state index is -1.12. The van der Waals surface area contributed by atoms with Crippen LogP contribution >= 0.6 is 0 Å². The van der Waals surface area contributed by atoms with Crippen molar-refractivity contribution >= 4 is 39.9 Å². The van der Waals surface area contributed by atoms with Crippen molar-refractivity contribution in [3.05, 3.63) is 66.2 Å². The van der Waals surface area contributed by atoms with Crippen LogP contribution in [0.5, 0.6) is 5.75 Å². The minimum absolute atomic E-state index is 0.0107. The number of fused-ring (bicyclic) bond motifs is 2. The number of benzene rings is 3. The van der Waals surface area contributed by atoms with Gasteiger partial charge in [0.2, 0.25) is 5.91 Å². The standard InChI is InChI=1S/C21H16N2O5/c24-19(22-16-7-3-5-13-4-1-2-6-15(13)16)11-23-17-10-14(21(26)27)8-9-18(17)28-12-20(23)25/h1-10H,11-12H2,(H,22,24)(H,26,27). The van der Waals surface area contributed by atoms with Crippen molar-refractivity contribution in [2.45, 2.75) is 0 Å². The van der Waals surface area contributed by atoms with E-state index in [1.165, 1.54) is 23.1 Å². The van der Waals surface area contributed by atoms with Gasteiger partial charge in [0.05, 0.1) is 11.3 Å². The van der Waals surface area contributed by atoms with Crippen LogP contribution in [0.15, 0.2) is 60.7 Å². The summed E-state index contributed by atoms with van der Waals surface area (Å²) in [6.07, 6.45) is 0. The van der Waals surface area contributed by atoms with E-state index in [0.717, 1.165) is 10.8 Å². The highest BCUT2D eigenvalue weighted by atomic mass is 16.5. The second-order valence-corrected chi connectivity index (χ2v) is 6.33. The molecule has 1 aliphatic heterocycles. The number of aromatic carboxylic acids is 1. The summed E-state index contributed by atoms with van der Waals surface area (Å²) < 4.78 is 5.34. The molecule has 1 aliphatic rings. The van der Waals surface area contributed by atoms with Gasteiger partial charge in [-0.05, 0) is 29.7 Å². The Hall–Kier alpha value is -3.87. The van der Waals surface area contributed by atoms with Crippen molar-refractivity contribution in [2.24, 2.45) is 0 Å². The summed E-state index contributed by atoms with van der Waals surface area (Å²) in [6.45, 7) is -0.456. The number of carboxylic acids is 1. The van der Waals surface area contributed by atoms with Crippen LogP contribution in [0.1, 0.15) is 10.4 Å². The number of nitrogens with zero attached hydrogens (tertiary/aromatic N) is 1. The highest BCUT2D eigenvalue weighted by Crippen LogP contribution is 2.33. The molecule has 0 fully saturated rings. The highest BCUT2D eigenvalue weighted by molar-refractivity contribution is 6.08. The summed E-state index contributed by atoms with van der Waals surface area (Å²) >= 11 is 0. The molecule has 7 nitrogen and oxygen atoms in total. The summed E-state index contributed by atoms with van der Waals surface area (Å²) in [5.74, 6) is -1.56. The lowest BCUT2D eigenvalue weighted by molar-refractivity contribution is -0.123. The molecule has 0 bridgehead atoms. The Balaban J connectivity index is 1.60. The molecular formula is C21H16N2O5. The molecule has 0 spiro atoms. The molecule has 1 heterocycles. The number of carbonyl (C=O) groups excluding carboxylic acids is 2. The van der Waals surface area contributed by atoms with Gasteiger partial charge in [-0.2, -0.15) is 0 Å². The molecule has 0 unspecified atom stereocenters. The van der Waals surface area contributed by atoms with Gasteiger partial charge in [0.1, 0.15) is 12.3 Å². The van der Waals surface area contributed by atoms with E-state index in [2.05, 4.69) is 5.32 Å². The van der Waals surface area contributed by atoms with Gasteiger partial charge in [0.25, 0.3) is 5.91 Å². The second kappa shape index (κ2) is 7.03. The van der Waals surface area contributed by atoms with Crippen LogP contribution in [-0.4, -0.2) is 36.0 Å². The molecule has 7 heteroatoms. The van der Waals surface area contributed by atoms with Crippen molar-refractivity contribution in [2.75, 3.05) is 23.4 Å². The zero-order valence-electron chi connectivity index (χ0n) is 14.7. The first-order valence-electron chi connectivity index (χ1n) is 8.61. The Morgan fingerprint density at radius 1 is 1.07 bits per heavy atom. The number of anilines is 2. The van der Waals surface area contributed by atoms with Crippen molar-refractivity contribution in [1.82, 2.24) is 0 Å². The van der Waals surface area contributed by atoms with Crippen LogP contribution in [0.2, 0.25) is 0 Å². The maximum absolute atomic E-state index is 12.6. The average Bonchev–Trinajstić information content (AvgIpc) is 2.70. The molecule has 0 aromatic heterocycles. The average molecular weight is 376 g/mol. The molecule has 3 aromatic rings. The SMILES string of the molecule is O=C(CN1C(=O)COc2ccc(C(=O)O)cc21)Nc1cccc2ccccc12. The van der Waals surface area contributed by atoms with Gasteiger partial charge >= 0.3 is 5.97 Å². The summed E-state index contributed by atoms with van der Waals surface area (Å²) in [6, 6.07) is 17.4. The van der Waals surface area contributed by atoms with E-state index in [-0.39, 0.29) is 24.4 Å². The molecule has 0 saturated carbocycles. The van der Waals surface area contributed by atoms with Gasteiger partial charge in [0, 0.05) is 11.1 Å². The van der Waals surface area contributed by atoms with Crippen LogP contribution in [0.3, 0.4) is 0 Å². The predicted molar refractivity (Wildman–Crippen MR) is 104 cm³/mol. The number of hydrogen-bond donors (Lipinski definition) is 2. The van der Waals surface area contributed by atoms with Gasteiger partial charge < -0.3 is 15.2 Å². The summed E-state index contributed by atoms with van der Waals surface area (Å²) in [5.41, 5.74) is 0.920. The number of carbonyl (C=O) groups is 3. The molecule has 140 valence electrons. The lowest BCUT2D eigenvalue weighted by Gasteiger charge is -2.29. The Labute approximate surface area is 160 Å². The Morgan fingerprint density at radius 3 is 2.68 bits per heavy atom. The quantitative estimate of drug-likeness (QED) is 0.730. The number of hydrogen-bond acceptors (Lipinski definition) is 4. The monoisotopic (exact) mass is 376 g/mol. The van der Waals surface area contributed by atoms with Crippen molar-refractivity contribution in [3.63, 3.8) is 0 Å². The van der Waals surface area contributed by atoms with Crippen molar-refractivity contribution in [3.8, 4) is 5.75 Å². The first-order valence-corrected chi connectivity index (χ1v) is 8.61. The lowest BCUT2D eigenvalue weighted by atomic mass is 10.1. The van der Waals surface area contributed by atoms with Crippen LogP contribution in [-0.2, 0) is 9.59 Å². The summed E-state index contributed by atoms with van der Waals surface area (Å²) in [4.78, 5) is 37.4. The van der Waals surface area contributed by atoms with Crippen LogP contribution < -0.4 is 15.0 Å². The van der Waals surface area contributed by atoms with E-state index in [1.54, 1.807) is 6.07 Å². The Kier molecular flexibility index (Phi) is 4.41. The molecule has 2 N–H and O–H groups in total. The maximum atomic E-state index is 12.6. The third kappa shape index (κ3) is 3.25. The third-order valence-corrected chi connectivity index (χ3v) is 4.51. The lowest BCUT2D eigenvalue weighted by Crippen LogP contribution is -2.43. The van der Waals surface area contributed by atoms with E-state index in [4.69, 9.17) is 4.74 Å². The van der Waals surface area contributed by atoms with E-state index in [9.17, 15) is 19.5 Å². The molecule has 28 heavy (non-hydrogen) atoms. The number of carboxylic acid groups (broad SMARTS) is 1. The minimum Gasteiger partial charge on any atom is -0.482 e. The zero-order valence-corrected chi connectivity index (χ0v) is 14.7. The topological polar surface area (TPSA) is 95.9 Å². The van der Waals surface area contributed by atoms with Crippen LogP contribution in [0.25, 0.3) is 10.8 Å². The molecule has 0 radical (unpaired) electrons. The Morgan fingerprint density at radius 2 is 1.86 bits per heavy atom.